The molecule has 0 radical (unpaired) electrons. The molecule has 4 rings (SSSR count). The molecule has 27 heavy (non-hydrogen) atoms. The van der Waals surface area contributed by atoms with Gasteiger partial charge in [-0.05, 0) is 37.0 Å². The number of carbonyl (C=O) groups excluding carboxylic acids is 2. The van der Waals surface area contributed by atoms with E-state index in [4.69, 9.17) is 4.42 Å². The Labute approximate surface area is 159 Å². The van der Waals surface area contributed by atoms with E-state index in [1.54, 1.807) is 17.0 Å². The van der Waals surface area contributed by atoms with Crippen molar-refractivity contribution < 1.29 is 14.0 Å². The molecule has 2 aliphatic heterocycles. The first-order valence-electron chi connectivity index (χ1n) is 9.62. The fourth-order valence-electron chi connectivity index (χ4n) is 4.06. The maximum atomic E-state index is 12.8. The van der Waals surface area contributed by atoms with Crippen LogP contribution in [0.1, 0.15) is 35.4 Å². The van der Waals surface area contributed by atoms with Crippen LogP contribution in [0.15, 0.2) is 53.1 Å². The summed E-state index contributed by atoms with van der Waals surface area (Å²) in [6, 6.07) is 13.5. The van der Waals surface area contributed by atoms with Gasteiger partial charge in [-0.2, -0.15) is 0 Å². The van der Waals surface area contributed by atoms with Gasteiger partial charge in [-0.1, -0.05) is 30.3 Å². The monoisotopic (exact) mass is 367 g/mol. The average Bonchev–Trinajstić information content (AvgIpc) is 3.44. The molecule has 3 heterocycles. The smallest absolute Gasteiger partial charge is 0.290 e. The van der Waals surface area contributed by atoms with Gasteiger partial charge in [-0.3, -0.25) is 14.5 Å². The highest BCUT2D eigenvalue weighted by Gasteiger charge is 2.37. The Hall–Kier alpha value is -2.60. The van der Waals surface area contributed by atoms with Crippen LogP contribution in [0.2, 0.25) is 0 Å². The first-order chi connectivity index (χ1) is 13.2. The number of likely N-dealkylation sites (tertiary alicyclic amines) is 2. The normalized spacial score (nSPS) is 22.9. The van der Waals surface area contributed by atoms with Gasteiger partial charge in [0.25, 0.3) is 5.91 Å². The molecular formula is C21H25N3O3. The van der Waals surface area contributed by atoms with Gasteiger partial charge in [0.05, 0.1) is 6.26 Å². The molecule has 0 bridgehead atoms. The standard InChI is InChI=1S/C21H25N3O3/c25-20(18-8-4-11-24(18)21(26)19-9-5-13-27-19)22-17-10-12-23(15-17)14-16-6-2-1-3-7-16/h1-3,5-7,9,13,17-18H,4,8,10-12,14-15H2,(H,22,25)/t17-,18+/m1/s1. The van der Waals surface area contributed by atoms with Gasteiger partial charge in [0.1, 0.15) is 6.04 Å². The molecule has 1 aromatic heterocycles. The molecule has 0 saturated carbocycles. The van der Waals surface area contributed by atoms with Crippen LogP contribution in [0.3, 0.4) is 0 Å². The Morgan fingerprint density at radius 1 is 1.07 bits per heavy atom. The fraction of sp³-hybridized carbons (Fsp3) is 0.429. The third-order valence-electron chi connectivity index (χ3n) is 5.42. The minimum absolute atomic E-state index is 0.0426. The van der Waals surface area contributed by atoms with Crippen LogP contribution in [0.5, 0.6) is 0 Å². The molecular weight excluding hydrogens is 342 g/mol. The van der Waals surface area contributed by atoms with Gasteiger partial charge >= 0.3 is 0 Å². The summed E-state index contributed by atoms with van der Waals surface area (Å²) in [6.07, 6.45) is 3.98. The van der Waals surface area contributed by atoms with E-state index in [1.807, 2.05) is 6.07 Å². The summed E-state index contributed by atoms with van der Waals surface area (Å²) in [7, 11) is 0. The number of rotatable bonds is 5. The van der Waals surface area contributed by atoms with Crippen LogP contribution in [0, 0.1) is 0 Å². The van der Waals surface area contributed by atoms with E-state index in [0.29, 0.717) is 18.7 Å². The number of hydrogen-bond donors (Lipinski definition) is 1. The quantitative estimate of drug-likeness (QED) is 0.880. The molecule has 142 valence electrons. The van der Waals surface area contributed by atoms with Crippen molar-refractivity contribution >= 4 is 11.8 Å². The predicted molar refractivity (Wildman–Crippen MR) is 101 cm³/mol. The maximum absolute atomic E-state index is 12.8. The lowest BCUT2D eigenvalue weighted by atomic mass is 10.1. The van der Waals surface area contributed by atoms with Crippen molar-refractivity contribution in [2.45, 2.75) is 37.9 Å². The molecule has 2 atom stereocenters. The zero-order valence-corrected chi connectivity index (χ0v) is 15.3. The number of nitrogens with zero attached hydrogens (tertiary/aromatic N) is 2. The van der Waals surface area contributed by atoms with Gasteiger partial charge < -0.3 is 14.6 Å². The number of nitrogens with one attached hydrogen (secondary N) is 1. The molecule has 2 aliphatic rings. The molecule has 0 unspecified atom stereocenters. The van der Waals surface area contributed by atoms with Crippen LogP contribution in [-0.2, 0) is 11.3 Å². The Morgan fingerprint density at radius 3 is 2.70 bits per heavy atom. The fourth-order valence-corrected chi connectivity index (χ4v) is 4.06. The lowest BCUT2D eigenvalue weighted by Crippen LogP contribution is -2.49. The van der Waals surface area contributed by atoms with E-state index in [2.05, 4.69) is 34.5 Å². The van der Waals surface area contributed by atoms with E-state index >= 15 is 0 Å². The number of hydrogen-bond acceptors (Lipinski definition) is 4. The Bertz CT molecular complexity index is 775. The van der Waals surface area contributed by atoms with E-state index in [9.17, 15) is 9.59 Å². The van der Waals surface area contributed by atoms with Crippen molar-refractivity contribution in [3.8, 4) is 0 Å². The van der Waals surface area contributed by atoms with E-state index in [-0.39, 0.29) is 17.9 Å². The van der Waals surface area contributed by atoms with Gasteiger partial charge in [0.15, 0.2) is 5.76 Å². The summed E-state index contributed by atoms with van der Waals surface area (Å²) >= 11 is 0. The average molecular weight is 367 g/mol. The van der Waals surface area contributed by atoms with Crippen molar-refractivity contribution in [3.05, 3.63) is 60.1 Å². The highest BCUT2D eigenvalue weighted by atomic mass is 16.3. The summed E-state index contributed by atoms with van der Waals surface area (Å²) in [5.74, 6) is 0.0540. The largest absolute Gasteiger partial charge is 0.459 e. The van der Waals surface area contributed by atoms with Crippen molar-refractivity contribution in [1.82, 2.24) is 15.1 Å². The first kappa shape index (κ1) is 17.8. The predicted octanol–water partition coefficient (Wildman–Crippen LogP) is 2.27. The van der Waals surface area contributed by atoms with Gasteiger partial charge in [-0.15, -0.1) is 0 Å². The lowest BCUT2D eigenvalue weighted by Gasteiger charge is -2.25. The second-order valence-electron chi connectivity index (χ2n) is 7.35. The number of carbonyl (C=O) groups is 2. The van der Waals surface area contributed by atoms with Crippen LogP contribution in [0.25, 0.3) is 0 Å². The Morgan fingerprint density at radius 2 is 1.93 bits per heavy atom. The number of amides is 2. The van der Waals surface area contributed by atoms with Gasteiger partial charge in [0.2, 0.25) is 5.91 Å². The van der Waals surface area contributed by atoms with Gasteiger partial charge in [0, 0.05) is 32.2 Å². The lowest BCUT2D eigenvalue weighted by molar-refractivity contribution is -0.125. The molecule has 2 saturated heterocycles. The third-order valence-corrected chi connectivity index (χ3v) is 5.42. The zero-order valence-electron chi connectivity index (χ0n) is 15.3. The molecule has 0 aliphatic carbocycles. The molecule has 6 nitrogen and oxygen atoms in total. The molecule has 1 N–H and O–H groups in total. The van der Waals surface area contributed by atoms with Crippen LogP contribution in [-0.4, -0.2) is 53.3 Å². The molecule has 0 spiro atoms. The van der Waals surface area contributed by atoms with Gasteiger partial charge in [-0.25, -0.2) is 0 Å². The summed E-state index contributed by atoms with van der Waals surface area (Å²) < 4.78 is 5.21. The second-order valence-corrected chi connectivity index (χ2v) is 7.35. The summed E-state index contributed by atoms with van der Waals surface area (Å²) in [5, 5.41) is 3.16. The SMILES string of the molecule is O=C(N[C@@H]1CCN(Cc2ccccc2)C1)[C@@H]1CCCN1C(=O)c1ccco1. The molecule has 2 fully saturated rings. The zero-order chi connectivity index (χ0) is 18.6. The van der Waals surface area contributed by atoms with Crippen molar-refractivity contribution in [3.63, 3.8) is 0 Å². The van der Waals surface area contributed by atoms with Crippen molar-refractivity contribution in [2.24, 2.45) is 0 Å². The number of furan rings is 1. The summed E-state index contributed by atoms with van der Waals surface area (Å²) in [4.78, 5) is 29.4. The summed E-state index contributed by atoms with van der Waals surface area (Å²) in [5.41, 5.74) is 1.29. The molecule has 6 heteroatoms. The topological polar surface area (TPSA) is 65.8 Å². The highest BCUT2D eigenvalue weighted by Crippen LogP contribution is 2.21. The van der Waals surface area contributed by atoms with Crippen molar-refractivity contribution in [1.29, 1.82) is 0 Å². The second kappa shape index (κ2) is 7.96. The minimum atomic E-state index is -0.397. The highest BCUT2D eigenvalue weighted by molar-refractivity contribution is 5.96. The Balaban J connectivity index is 1.32. The minimum Gasteiger partial charge on any atom is -0.459 e. The van der Waals surface area contributed by atoms with E-state index in [1.165, 1.54) is 11.8 Å². The molecule has 2 amide bonds. The Kier molecular flexibility index (Phi) is 5.25. The number of benzene rings is 1. The molecule has 2 aromatic rings. The van der Waals surface area contributed by atoms with Crippen LogP contribution < -0.4 is 5.32 Å². The van der Waals surface area contributed by atoms with Crippen LogP contribution >= 0.6 is 0 Å². The maximum Gasteiger partial charge on any atom is 0.290 e. The van der Waals surface area contributed by atoms with Crippen molar-refractivity contribution in [2.75, 3.05) is 19.6 Å². The first-order valence-corrected chi connectivity index (χ1v) is 9.62. The summed E-state index contributed by atoms with van der Waals surface area (Å²) in [6.45, 7) is 3.32. The third kappa shape index (κ3) is 4.06. The van der Waals surface area contributed by atoms with E-state index in [0.717, 1.165) is 32.5 Å². The van der Waals surface area contributed by atoms with E-state index < -0.39 is 6.04 Å². The van der Waals surface area contributed by atoms with Crippen LogP contribution in [0.4, 0.5) is 0 Å². The molecule has 1 aromatic carbocycles.